The summed E-state index contributed by atoms with van der Waals surface area (Å²) in [5.74, 6) is 1.39. The van der Waals surface area contributed by atoms with E-state index in [1.807, 2.05) is 45.0 Å². The van der Waals surface area contributed by atoms with Gasteiger partial charge in [-0.1, -0.05) is 31.5 Å². The number of carbonyl (C=O) groups is 1. The molecule has 4 N–H and O–H groups in total. The fraction of sp³-hybridized carbons (Fsp3) is 0.471. The number of carbonyl (C=O) groups excluding carboxylic acids is 1. The minimum absolute atomic E-state index is 0.0894. The number of aromatic nitrogens is 3. The number of nitrogens with zero attached hydrogens (tertiary/aromatic N) is 2. The summed E-state index contributed by atoms with van der Waals surface area (Å²) in [6.07, 6.45) is 1.60. The van der Waals surface area contributed by atoms with E-state index in [1.165, 1.54) is 0 Å². The van der Waals surface area contributed by atoms with Gasteiger partial charge in [-0.2, -0.15) is 5.10 Å². The number of rotatable bonds is 7. The molecule has 2 aromatic rings. The molecule has 0 saturated heterocycles. The fourth-order valence-corrected chi connectivity index (χ4v) is 2.53. The number of amides is 2. The molecule has 24 heavy (non-hydrogen) atoms. The first kappa shape index (κ1) is 17.9. The van der Waals surface area contributed by atoms with Crippen LogP contribution in [-0.4, -0.2) is 38.5 Å². The summed E-state index contributed by atoms with van der Waals surface area (Å²) >= 11 is 0. The quantitative estimate of drug-likeness (QED) is 0.624. The monoisotopic (exact) mass is 331 g/mol. The Balaban J connectivity index is 1.96. The van der Waals surface area contributed by atoms with E-state index in [4.69, 9.17) is 0 Å². The van der Waals surface area contributed by atoms with Crippen LogP contribution in [0.1, 0.15) is 38.1 Å². The van der Waals surface area contributed by atoms with Crippen molar-refractivity contribution in [3.05, 3.63) is 35.7 Å². The lowest BCUT2D eigenvalue weighted by Gasteiger charge is -2.28. The summed E-state index contributed by atoms with van der Waals surface area (Å²) in [4.78, 5) is 16.4. The molecule has 1 atom stereocenters. The first-order chi connectivity index (χ1) is 11.5. The highest BCUT2D eigenvalue weighted by Crippen LogP contribution is 2.16. The maximum Gasteiger partial charge on any atom is 0.315 e. The Hall–Kier alpha value is -2.41. The maximum absolute atomic E-state index is 12.1. The van der Waals surface area contributed by atoms with Crippen LogP contribution in [0.3, 0.4) is 0 Å². The number of aliphatic hydroxyl groups is 1. The number of aliphatic hydroxyl groups excluding tert-OH is 1. The van der Waals surface area contributed by atoms with Crippen molar-refractivity contribution in [2.75, 3.05) is 6.61 Å². The second kappa shape index (κ2) is 7.92. The van der Waals surface area contributed by atoms with Gasteiger partial charge in [-0.15, -0.1) is 0 Å². The molecule has 1 unspecified atom stereocenters. The predicted octanol–water partition coefficient (Wildman–Crippen LogP) is 2.13. The van der Waals surface area contributed by atoms with Gasteiger partial charge in [0.25, 0.3) is 0 Å². The molecule has 2 rings (SSSR count). The highest BCUT2D eigenvalue weighted by molar-refractivity contribution is 5.74. The molecule has 7 nitrogen and oxygen atoms in total. The van der Waals surface area contributed by atoms with Crippen LogP contribution in [0, 0.1) is 6.92 Å². The summed E-state index contributed by atoms with van der Waals surface area (Å²) in [7, 11) is 0. The van der Waals surface area contributed by atoms with E-state index in [0.717, 1.165) is 29.8 Å². The molecule has 0 aliphatic carbocycles. The zero-order valence-electron chi connectivity index (χ0n) is 14.4. The SMILES string of the molecule is CCCC(C)(CO)NC(=O)NCc1cccc(-c2n[nH]c(C)n2)c1. The highest BCUT2D eigenvalue weighted by Gasteiger charge is 2.24. The Morgan fingerprint density at radius 3 is 2.83 bits per heavy atom. The molecule has 1 aromatic heterocycles. The lowest BCUT2D eigenvalue weighted by Crippen LogP contribution is -2.52. The van der Waals surface area contributed by atoms with Crippen LogP contribution in [0.2, 0.25) is 0 Å². The van der Waals surface area contributed by atoms with E-state index in [2.05, 4.69) is 25.8 Å². The van der Waals surface area contributed by atoms with Crippen LogP contribution in [0.15, 0.2) is 24.3 Å². The van der Waals surface area contributed by atoms with Gasteiger partial charge in [-0.3, -0.25) is 5.10 Å². The molecule has 1 aromatic carbocycles. The van der Waals surface area contributed by atoms with E-state index in [9.17, 15) is 9.90 Å². The number of urea groups is 1. The lowest BCUT2D eigenvalue weighted by molar-refractivity contribution is 0.163. The summed E-state index contributed by atoms with van der Waals surface area (Å²) in [5, 5.41) is 22.1. The Bertz CT molecular complexity index is 685. The minimum Gasteiger partial charge on any atom is -0.394 e. The highest BCUT2D eigenvalue weighted by atomic mass is 16.3. The van der Waals surface area contributed by atoms with Gasteiger partial charge in [0.15, 0.2) is 5.82 Å². The Morgan fingerprint density at radius 2 is 2.21 bits per heavy atom. The molecular weight excluding hydrogens is 306 g/mol. The third-order valence-electron chi connectivity index (χ3n) is 3.80. The van der Waals surface area contributed by atoms with Gasteiger partial charge in [-0.05, 0) is 31.9 Å². The van der Waals surface area contributed by atoms with Gasteiger partial charge in [0.2, 0.25) is 0 Å². The largest absolute Gasteiger partial charge is 0.394 e. The number of aromatic amines is 1. The van der Waals surface area contributed by atoms with Gasteiger partial charge < -0.3 is 15.7 Å². The van der Waals surface area contributed by atoms with Crippen LogP contribution in [-0.2, 0) is 6.54 Å². The van der Waals surface area contributed by atoms with E-state index < -0.39 is 5.54 Å². The van der Waals surface area contributed by atoms with Gasteiger partial charge in [-0.25, -0.2) is 9.78 Å². The summed E-state index contributed by atoms with van der Waals surface area (Å²) in [6.45, 7) is 6.00. The van der Waals surface area contributed by atoms with Crippen LogP contribution >= 0.6 is 0 Å². The first-order valence-corrected chi connectivity index (χ1v) is 8.11. The van der Waals surface area contributed by atoms with Crippen molar-refractivity contribution in [3.8, 4) is 11.4 Å². The van der Waals surface area contributed by atoms with Crippen molar-refractivity contribution in [2.45, 2.75) is 45.7 Å². The fourth-order valence-electron chi connectivity index (χ4n) is 2.53. The lowest BCUT2D eigenvalue weighted by atomic mass is 9.98. The molecule has 0 spiro atoms. The zero-order chi connectivity index (χ0) is 17.6. The van der Waals surface area contributed by atoms with Crippen molar-refractivity contribution >= 4 is 6.03 Å². The molecule has 130 valence electrons. The van der Waals surface area contributed by atoms with Gasteiger partial charge in [0.05, 0.1) is 12.1 Å². The van der Waals surface area contributed by atoms with Crippen LogP contribution in [0.4, 0.5) is 4.79 Å². The summed E-state index contributed by atoms with van der Waals surface area (Å²) < 4.78 is 0. The van der Waals surface area contributed by atoms with Crippen molar-refractivity contribution in [3.63, 3.8) is 0 Å². The number of H-pyrrole nitrogens is 1. The number of nitrogens with one attached hydrogen (secondary N) is 3. The third kappa shape index (κ3) is 4.79. The number of aryl methyl sites for hydroxylation is 1. The van der Waals surface area contributed by atoms with E-state index in [-0.39, 0.29) is 12.6 Å². The van der Waals surface area contributed by atoms with Crippen molar-refractivity contribution in [1.82, 2.24) is 25.8 Å². The molecular formula is C17H25N5O2. The first-order valence-electron chi connectivity index (χ1n) is 8.11. The zero-order valence-corrected chi connectivity index (χ0v) is 14.4. The number of benzene rings is 1. The van der Waals surface area contributed by atoms with Crippen LogP contribution < -0.4 is 10.6 Å². The van der Waals surface area contributed by atoms with Gasteiger partial charge >= 0.3 is 6.03 Å². The van der Waals surface area contributed by atoms with Crippen molar-refractivity contribution < 1.29 is 9.90 Å². The number of hydrogen-bond donors (Lipinski definition) is 4. The Labute approximate surface area is 141 Å². The summed E-state index contributed by atoms with van der Waals surface area (Å²) in [5.41, 5.74) is 1.24. The van der Waals surface area contributed by atoms with Gasteiger partial charge in [0.1, 0.15) is 5.82 Å². The van der Waals surface area contributed by atoms with E-state index in [1.54, 1.807) is 0 Å². The molecule has 0 bridgehead atoms. The average molecular weight is 331 g/mol. The number of hydrogen-bond acceptors (Lipinski definition) is 4. The van der Waals surface area contributed by atoms with Crippen LogP contribution in [0.25, 0.3) is 11.4 Å². The molecule has 0 saturated carbocycles. The normalized spacial score (nSPS) is 13.3. The maximum atomic E-state index is 12.1. The second-order valence-corrected chi connectivity index (χ2v) is 6.22. The Kier molecular flexibility index (Phi) is 5.92. The summed E-state index contributed by atoms with van der Waals surface area (Å²) in [6, 6.07) is 7.42. The predicted molar refractivity (Wildman–Crippen MR) is 92.3 cm³/mol. The molecule has 2 amide bonds. The molecule has 0 aliphatic rings. The topological polar surface area (TPSA) is 103 Å². The minimum atomic E-state index is -0.600. The molecule has 0 aliphatic heterocycles. The molecule has 7 heteroatoms. The second-order valence-electron chi connectivity index (χ2n) is 6.22. The van der Waals surface area contributed by atoms with E-state index in [0.29, 0.717) is 12.4 Å². The van der Waals surface area contributed by atoms with Crippen molar-refractivity contribution in [1.29, 1.82) is 0 Å². The average Bonchev–Trinajstić information content (AvgIpc) is 3.00. The van der Waals surface area contributed by atoms with Crippen LogP contribution in [0.5, 0.6) is 0 Å². The van der Waals surface area contributed by atoms with Crippen molar-refractivity contribution in [2.24, 2.45) is 0 Å². The van der Waals surface area contributed by atoms with E-state index >= 15 is 0 Å². The third-order valence-corrected chi connectivity index (χ3v) is 3.80. The molecule has 0 radical (unpaired) electrons. The molecule has 1 heterocycles. The Morgan fingerprint density at radius 1 is 1.42 bits per heavy atom. The smallest absolute Gasteiger partial charge is 0.315 e. The standard InChI is InChI=1S/C17H25N5O2/c1-4-8-17(3,11-23)20-16(24)18-10-13-6-5-7-14(9-13)15-19-12(2)21-22-15/h5-7,9,23H,4,8,10-11H2,1-3H3,(H2,18,20,24)(H,19,21,22). The van der Waals surface area contributed by atoms with Gasteiger partial charge in [0, 0.05) is 12.1 Å². The molecule has 0 fully saturated rings.